The van der Waals surface area contributed by atoms with E-state index in [9.17, 15) is 9.59 Å². The normalized spacial score (nSPS) is 21.1. The third-order valence-electron chi connectivity index (χ3n) is 5.49. The third-order valence-corrected chi connectivity index (χ3v) is 5.74. The van der Waals surface area contributed by atoms with Crippen molar-refractivity contribution in [3.8, 4) is 0 Å². The molecule has 0 unspecified atom stereocenters. The Morgan fingerprint density at radius 1 is 1.12 bits per heavy atom. The van der Waals surface area contributed by atoms with Crippen LogP contribution in [0.15, 0.2) is 24.3 Å². The number of nitrogens with zero attached hydrogens (tertiary/aromatic N) is 3. The highest BCUT2D eigenvalue weighted by Crippen LogP contribution is 2.34. The van der Waals surface area contributed by atoms with E-state index in [4.69, 9.17) is 17.3 Å². The topological polar surface area (TPSA) is 69.9 Å². The highest BCUT2D eigenvalue weighted by Gasteiger charge is 2.49. The van der Waals surface area contributed by atoms with Crippen molar-refractivity contribution in [3.63, 3.8) is 0 Å². The number of nitrogens with two attached hydrogens (primary N) is 1. The summed E-state index contributed by atoms with van der Waals surface area (Å²) >= 11 is 5.92. The van der Waals surface area contributed by atoms with Gasteiger partial charge in [0.2, 0.25) is 11.8 Å². The monoisotopic (exact) mass is 378 g/mol. The van der Waals surface area contributed by atoms with Gasteiger partial charge in [-0.1, -0.05) is 23.7 Å². The number of benzene rings is 1. The van der Waals surface area contributed by atoms with Gasteiger partial charge >= 0.3 is 0 Å². The molecule has 142 valence electrons. The number of carbonyl (C=O) groups excluding carboxylic acids is 2. The van der Waals surface area contributed by atoms with Crippen LogP contribution in [0.2, 0.25) is 5.02 Å². The van der Waals surface area contributed by atoms with E-state index in [2.05, 4.69) is 16.8 Å². The van der Waals surface area contributed by atoms with E-state index in [-0.39, 0.29) is 11.8 Å². The predicted molar refractivity (Wildman–Crippen MR) is 102 cm³/mol. The summed E-state index contributed by atoms with van der Waals surface area (Å²) in [6, 6.07) is 7.43. The number of hydrogen-bond acceptors (Lipinski definition) is 4. The molecule has 0 aliphatic carbocycles. The van der Waals surface area contributed by atoms with Crippen LogP contribution in [0.3, 0.4) is 0 Å². The summed E-state index contributed by atoms with van der Waals surface area (Å²) in [5, 5.41) is 0.662. The number of amides is 2. The van der Waals surface area contributed by atoms with E-state index in [1.807, 2.05) is 24.3 Å². The maximum atomic E-state index is 12.6. The average Bonchev–Trinajstić information content (AvgIpc) is 2.76. The second-order valence-corrected chi connectivity index (χ2v) is 8.07. The number of carbonyl (C=O) groups is 2. The molecule has 7 heteroatoms. The quantitative estimate of drug-likeness (QED) is 0.824. The highest BCUT2D eigenvalue weighted by molar-refractivity contribution is 6.30. The van der Waals surface area contributed by atoms with Gasteiger partial charge in [0.1, 0.15) is 0 Å². The first-order valence-electron chi connectivity index (χ1n) is 9.11. The summed E-state index contributed by atoms with van der Waals surface area (Å²) < 4.78 is 0. The fraction of sp³-hybridized carbons (Fsp3) is 0.579. The smallest absolute Gasteiger partial charge is 0.236 e. The number of rotatable bonds is 5. The average molecular weight is 379 g/mol. The minimum Gasteiger partial charge on any atom is -0.369 e. The Bertz CT molecular complexity index is 658. The highest BCUT2D eigenvalue weighted by atomic mass is 35.5. The summed E-state index contributed by atoms with van der Waals surface area (Å²) in [5.41, 5.74) is 6.02. The second-order valence-electron chi connectivity index (χ2n) is 7.63. The lowest BCUT2D eigenvalue weighted by Gasteiger charge is -2.48. The molecule has 0 aromatic heterocycles. The van der Waals surface area contributed by atoms with Crippen LogP contribution in [0.1, 0.15) is 12.0 Å². The van der Waals surface area contributed by atoms with E-state index in [1.54, 1.807) is 4.90 Å². The Balaban J connectivity index is 1.56. The van der Waals surface area contributed by atoms with Crippen LogP contribution in [0.4, 0.5) is 0 Å². The van der Waals surface area contributed by atoms with Crippen LogP contribution in [0.25, 0.3) is 0 Å². The molecule has 2 fully saturated rings. The molecule has 0 spiro atoms. The molecule has 2 heterocycles. The Labute approximate surface area is 159 Å². The molecule has 3 rings (SSSR count). The number of halogens is 1. The number of likely N-dealkylation sites (tertiary alicyclic amines) is 1. The van der Waals surface area contributed by atoms with Crippen LogP contribution >= 0.6 is 11.6 Å². The van der Waals surface area contributed by atoms with Gasteiger partial charge in [-0.2, -0.15) is 0 Å². The van der Waals surface area contributed by atoms with Crippen molar-refractivity contribution in [1.29, 1.82) is 0 Å². The molecule has 1 aromatic carbocycles. The van der Waals surface area contributed by atoms with Gasteiger partial charge in [0.15, 0.2) is 0 Å². The molecule has 2 amide bonds. The molecule has 0 bridgehead atoms. The summed E-state index contributed by atoms with van der Waals surface area (Å²) in [5.74, 6) is -0.254. The Morgan fingerprint density at radius 3 is 2.46 bits per heavy atom. The lowest BCUT2D eigenvalue weighted by atomic mass is 9.74. The van der Waals surface area contributed by atoms with Crippen molar-refractivity contribution in [2.24, 2.45) is 11.1 Å². The molecular weight excluding hydrogens is 352 g/mol. The van der Waals surface area contributed by atoms with Gasteiger partial charge in [0, 0.05) is 31.2 Å². The molecule has 0 saturated carbocycles. The first-order chi connectivity index (χ1) is 12.4. The molecule has 2 saturated heterocycles. The number of primary amides is 1. The standard InChI is InChI=1S/C19H27ClN4O2/c1-22-7-2-8-23(10-9-22)12-17(25)24-13-19(14-24,18(21)26)11-15-3-5-16(20)6-4-15/h3-6H,2,7-14H2,1H3,(H2,21,26). The lowest BCUT2D eigenvalue weighted by molar-refractivity contribution is -0.152. The van der Waals surface area contributed by atoms with Crippen LogP contribution < -0.4 is 5.73 Å². The molecule has 1 aromatic rings. The Kier molecular flexibility index (Phi) is 5.85. The van der Waals surface area contributed by atoms with Crippen LogP contribution in [-0.2, 0) is 16.0 Å². The number of likely N-dealkylation sites (N-methyl/N-ethyl adjacent to an activating group) is 1. The van der Waals surface area contributed by atoms with Gasteiger partial charge in [-0.25, -0.2) is 0 Å². The second kappa shape index (κ2) is 7.94. The Morgan fingerprint density at radius 2 is 1.81 bits per heavy atom. The summed E-state index contributed by atoms with van der Waals surface area (Å²) in [6.07, 6.45) is 1.61. The molecule has 2 aliphatic rings. The molecule has 6 nitrogen and oxygen atoms in total. The first kappa shape index (κ1) is 19.1. The van der Waals surface area contributed by atoms with E-state index in [0.717, 1.165) is 38.2 Å². The zero-order chi connectivity index (χ0) is 18.7. The summed E-state index contributed by atoms with van der Waals surface area (Å²) in [6.45, 7) is 5.12. The van der Waals surface area contributed by atoms with E-state index >= 15 is 0 Å². The SMILES string of the molecule is CN1CCCN(CC(=O)N2CC(Cc3ccc(Cl)cc3)(C(N)=O)C2)CC1. The first-order valence-corrected chi connectivity index (χ1v) is 9.49. The van der Waals surface area contributed by atoms with Crippen molar-refractivity contribution >= 4 is 23.4 Å². The minimum absolute atomic E-state index is 0.0857. The minimum atomic E-state index is -0.664. The van der Waals surface area contributed by atoms with Gasteiger partial charge in [-0.15, -0.1) is 0 Å². The molecule has 0 radical (unpaired) electrons. The van der Waals surface area contributed by atoms with Crippen molar-refractivity contribution in [2.45, 2.75) is 12.8 Å². The van der Waals surface area contributed by atoms with Gasteiger partial charge in [0.05, 0.1) is 12.0 Å². The Hall–Kier alpha value is -1.63. The fourth-order valence-electron chi connectivity index (χ4n) is 3.76. The molecule has 2 aliphatic heterocycles. The van der Waals surface area contributed by atoms with Crippen molar-refractivity contribution in [2.75, 3.05) is 52.9 Å². The summed E-state index contributed by atoms with van der Waals surface area (Å²) in [7, 11) is 2.11. The predicted octanol–water partition coefficient (Wildman–Crippen LogP) is 0.834. The molecule has 2 N–H and O–H groups in total. The van der Waals surface area contributed by atoms with Gasteiger partial charge in [-0.3, -0.25) is 14.5 Å². The molecule has 26 heavy (non-hydrogen) atoms. The van der Waals surface area contributed by atoms with Crippen molar-refractivity contribution in [1.82, 2.24) is 14.7 Å². The van der Waals surface area contributed by atoms with Crippen molar-refractivity contribution in [3.05, 3.63) is 34.9 Å². The lowest BCUT2D eigenvalue weighted by Crippen LogP contribution is -2.66. The zero-order valence-corrected chi connectivity index (χ0v) is 16.0. The summed E-state index contributed by atoms with van der Waals surface area (Å²) in [4.78, 5) is 30.9. The molecule has 0 atom stereocenters. The van der Waals surface area contributed by atoms with Gasteiger partial charge < -0.3 is 15.5 Å². The van der Waals surface area contributed by atoms with Crippen LogP contribution in [0, 0.1) is 5.41 Å². The molecular formula is C19H27ClN4O2. The maximum absolute atomic E-state index is 12.6. The van der Waals surface area contributed by atoms with E-state index in [0.29, 0.717) is 31.1 Å². The van der Waals surface area contributed by atoms with Crippen LogP contribution in [-0.4, -0.2) is 79.4 Å². The third kappa shape index (κ3) is 4.37. The van der Waals surface area contributed by atoms with Crippen molar-refractivity contribution < 1.29 is 9.59 Å². The fourth-order valence-corrected chi connectivity index (χ4v) is 3.88. The van der Waals surface area contributed by atoms with Crippen LogP contribution in [0.5, 0.6) is 0 Å². The zero-order valence-electron chi connectivity index (χ0n) is 15.3. The van der Waals surface area contributed by atoms with Gasteiger partial charge in [-0.05, 0) is 50.7 Å². The maximum Gasteiger partial charge on any atom is 0.236 e. The number of hydrogen-bond donors (Lipinski definition) is 1. The van der Waals surface area contributed by atoms with E-state index < -0.39 is 5.41 Å². The largest absolute Gasteiger partial charge is 0.369 e. The van der Waals surface area contributed by atoms with Gasteiger partial charge in [0.25, 0.3) is 0 Å². The van der Waals surface area contributed by atoms with E-state index in [1.165, 1.54) is 0 Å².